The van der Waals surface area contributed by atoms with Crippen LogP contribution in [0.15, 0.2) is 12.2 Å². The molecule has 1 heterocycles. The number of likely N-dealkylation sites (N-methyl/N-ethyl adjacent to an activating group) is 1. The number of rotatable bonds is 6. The van der Waals surface area contributed by atoms with E-state index >= 15 is 0 Å². The first kappa shape index (κ1) is 12.6. The van der Waals surface area contributed by atoms with E-state index in [4.69, 9.17) is 4.74 Å². The van der Waals surface area contributed by atoms with Crippen molar-refractivity contribution in [1.82, 2.24) is 10.2 Å². The molecule has 0 aromatic heterocycles. The monoisotopic (exact) mass is 214 g/mol. The summed E-state index contributed by atoms with van der Waals surface area (Å²) in [6.45, 7) is 11.2. The molecule has 2 N–H and O–H groups in total. The molecule has 4 heteroatoms. The van der Waals surface area contributed by atoms with E-state index in [1.165, 1.54) is 0 Å². The van der Waals surface area contributed by atoms with Crippen LogP contribution >= 0.6 is 0 Å². The molecule has 0 aromatic rings. The van der Waals surface area contributed by atoms with Crippen LogP contribution in [0.4, 0.5) is 0 Å². The molecule has 0 spiro atoms. The standard InChI is InChI=1S/C11H22N2O2/c1-3-12-6-10(2)7-13-4-5-15-9-11(13)8-14/h11-12,14H,2-9H2,1H3. The summed E-state index contributed by atoms with van der Waals surface area (Å²) in [7, 11) is 0. The van der Waals surface area contributed by atoms with Gasteiger partial charge in [0.1, 0.15) is 0 Å². The van der Waals surface area contributed by atoms with Gasteiger partial charge in [-0.1, -0.05) is 13.5 Å². The zero-order valence-corrected chi connectivity index (χ0v) is 9.54. The molecule has 1 aliphatic rings. The summed E-state index contributed by atoms with van der Waals surface area (Å²) in [6.07, 6.45) is 0. The highest BCUT2D eigenvalue weighted by Gasteiger charge is 2.22. The first-order chi connectivity index (χ1) is 7.27. The molecule has 88 valence electrons. The maximum atomic E-state index is 9.18. The first-order valence-corrected chi connectivity index (χ1v) is 5.58. The summed E-state index contributed by atoms with van der Waals surface area (Å²) in [4.78, 5) is 2.24. The van der Waals surface area contributed by atoms with Crippen LogP contribution < -0.4 is 5.32 Å². The summed E-state index contributed by atoms with van der Waals surface area (Å²) in [6, 6.07) is 0.136. The van der Waals surface area contributed by atoms with Crippen LogP contribution in [-0.4, -0.2) is 62.0 Å². The molecule has 15 heavy (non-hydrogen) atoms. The van der Waals surface area contributed by atoms with Crippen LogP contribution in [0.1, 0.15) is 6.92 Å². The Bertz CT molecular complexity index is 197. The molecule has 0 amide bonds. The fourth-order valence-corrected chi connectivity index (χ4v) is 1.71. The van der Waals surface area contributed by atoms with Crippen molar-refractivity contribution in [3.63, 3.8) is 0 Å². The number of hydrogen-bond acceptors (Lipinski definition) is 4. The van der Waals surface area contributed by atoms with E-state index in [0.29, 0.717) is 6.61 Å². The van der Waals surface area contributed by atoms with Crippen molar-refractivity contribution in [2.75, 3.05) is 46.0 Å². The molecule has 0 radical (unpaired) electrons. The second-order valence-electron chi connectivity index (χ2n) is 3.91. The Hall–Kier alpha value is -0.420. The van der Waals surface area contributed by atoms with Crippen molar-refractivity contribution >= 4 is 0 Å². The molecule has 1 unspecified atom stereocenters. The second kappa shape index (κ2) is 6.95. The van der Waals surface area contributed by atoms with Gasteiger partial charge in [0.15, 0.2) is 0 Å². The largest absolute Gasteiger partial charge is 0.395 e. The zero-order chi connectivity index (χ0) is 11.1. The van der Waals surface area contributed by atoms with Gasteiger partial charge in [0.25, 0.3) is 0 Å². The van der Waals surface area contributed by atoms with Crippen LogP contribution in [-0.2, 0) is 4.74 Å². The zero-order valence-electron chi connectivity index (χ0n) is 9.54. The lowest BCUT2D eigenvalue weighted by Crippen LogP contribution is -2.48. The fraction of sp³-hybridized carbons (Fsp3) is 0.818. The molecule has 1 rings (SSSR count). The number of nitrogens with one attached hydrogen (secondary N) is 1. The quantitative estimate of drug-likeness (QED) is 0.603. The number of morpholine rings is 1. The topological polar surface area (TPSA) is 44.7 Å². The van der Waals surface area contributed by atoms with Gasteiger partial charge in [-0.25, -0.2) is 0 Å². The van der Waals surface area contributed by atoms with Crippen LogP contribution in [0, 0.1) is 0 Å². The number of hydrogen-bond donors (Lipinski definition) is 2. The molecular weight excluding hydrogens is 192 g/mol. The smallest absolute Gasteiger partial charge is 0.0644 e. The lowest BCUT2D eigenvalue weighted by molar-refractivity contribution is -0.0231. The summed E-state index contributed by atoms with van der Waals surface area (Å²) >= 11 is 0. The third-order valence-electron chi connectivity index (χ3n) is 2.61. The molecule has 0 aliphatic carbocycles. The molecule has 0 bridgehead atoms. The number of ether oxygens (including phenoxy) is 1. The van der Waals surface area contributed by atoms with E-state index in [9.17, 15) is 5.11 Å². The number of aliphatic hydroxyl groups is 1. The van der Waals surface area contributed by atoms with E-state index in [1.54, 1.807) is 0 Å². The second-order valence-corrected chi connectivity index (χ2v) is 3.91. The van der Waals surface area contributed by atoms with E-state index in [0.717, 1.165) is 38.4 Å². The third kappa shape index (κ3) is 4.30. The number of nitrogens with zero attached hydrogens (tertiary/aromatic N) is 1. The minimum atomic E-state index is 0.136. The Morgan fingerprint density at radius 3 is 3.13 bits per heavy atom. The molecule has 0 saturated carbocycles. The minimum Gasteiger partial charge on any atom is -0.395 e. The SMILES string of the molecule is C=C(CNCC)CN1CCOCC1CO. The molecule has 0 aromatic carbocycles. The maximum Gasteiger partial charge on any atom is 0.0644 e. The summed E-state index contributed by atoms with van der Waals surface area (Å²) in [5.41, 5.74) is 1.16. The Balaban J connectivity index is 2.30. The van der Waals surface area contributed by atoms with Crippen LogP contribution in [0.2, 0.25) is 0 Å². The fourth-order valence-electron chi connectivity index (χ4n) is 1.71. The average Bonchev–Trinajstić information content (AvgIpc) is 2.27. The lowest BCUT2D eigenvalue weighted by Gasteiger charge is -2.34. The average molecular weight is 214 g/mol. The van der Waals surface area contributed by atoms with Gasteiger partial charge < -0.3 is 15.2 Å². The highest BCUT2D eigenvalue weighted by Crippen LogP contribution is 2.08. The van der Waals surface area contributed by atoms with Crippen LogP contribution in [0.3, 0.4) is 0 Å². The van der Waals surface area contributed by atoms with E-state index in [1.807, 2.05) is 0 Å². The van der Waals surface area contributed by atoms with Crippen LogP contribution in [0.5, 0.6) is 0 Å². The summed E-state index contributed by atoms with van der Waals surface area (Å²) in [5.74, 6) is 0. The Kier molecular flexibility index (Phi) is 5.86. The molecule has 1 saturated heterocycles. The van der Waals surface area contributed by atoms with Gasteiger partial charge in [0.05, 0.1) is 25.9 Å². The van der Waals surface area contributed by atoms with Crippen molar-refractivity contribution in [2.45, 2.75) is 13.0 Å². The Morgan fingerprint density at radius 1 is 1.67 bits per heavy atom. The van der Waals surface area contributed by atoms with Gasteiger partial charge in [0, 0.05) is 19.6 Å². The molecular formula is C11H22N2O2. The lowest BCUT2D eigenvalue weighted by atomic mass is 10.2. The van der Waals surface area contributed by atoms with Gasteiger partial charge in [-0.3, -0.25) is 4.90 Å². The van der Waals surface area contributed by atoms with Crippen molar-refractivity contribution in [2.24, 2.45) is 0 Å². The van der Waals surface area contributed by atoms with Crippen molar-refractivity contribution in [3.05, 3.63) is 12.2 Å². The van der Waals surface area contributed by atoms with E-state index in [-0.39, 0.29) is 12.6 Å². The minimum absolute atomic E-state index is 0.136. The van der Waals surface area contributed by atoms with Crippen molar-refractivity contribution in [1.29, 1.82) is 0 Å². The van der Waals surface area contributed by atoms with Gasteiger partial charge >= 0.3 is 0 Å². The normalized spacial score (nSPS) is 22.9. The highest BCUT2D eigenvalue weighted by atomic mass is 16.5. The molecule has 1 fully saturated rings. The maximum absolute atomic E-state index is 9.18. The molecule has 4 nitrogen and oxygen atoms in total. The molecule has 1 aliphatic heterocycles. The predicted molar refractivity (Wildman–Crippen MR) is 60.9 cm³/mol. The molecule has 1 atom stereocenters. The first-order valence-electron chi connectivity index (χ1n) is 5.58. The van der Waals surface area contributed by atoms with Gasteiger partial charge in [-0.15, -0.1) is 0 Å². The van der Waals surface area contributed by atoms with Crippen LogP contribution in [0.25, 0.3) is 0 Å². The van der Waals surface area contributed by atoms with Gasteiger partial charge in [-0.2, -0.15) is 0 Å². The Labute approximate surface area is 91.9 Å². The summed E-state index contributed by atoms with van der Waals surface area (Å²) < 4.78 is 5.32. The van der Waals surface area contributed by atoms with E-state index in [2.05, 4.69) is 23.7 Å². The van der Waals surface area contributed by atoms with E-state index < -0.39 is 0 Å². The Morgan fingerprint density at radius 2 is 2.47 bits per heavy atom. The highest BCUT2D eigenvalue weighted by molar-refractivity contribution is 5.01. The summed E-state index contributed by atoms with van der Waals surface area (Å²) in [5, 5.41) is 12.4. The van der Waals surface area contributed by atoms with Crippen molar-refractivity contribution in [3.8, 4) is 0 Å². The third-order valence-corrected chi connectivity index (χ3v) is 2.61. The van der Waals surface area contributed by atoms with Gasteiger partial charge in [0.2, 0.25) is 0 Å². The van der Waals surface area contributed by atoms with Gasteiger partial charge in [-0.05, 0) is 12.1 Å². The van der Waals surface area contributed by atoms with Crippen molar-refractivity contribution < 1.29 is 9.84 Å². The predicted octanol–water partition coefficient (Wildman–Crippen LogP) is -0.155. The number of aliphatic hydroxyl groups excluding tert-OH is 1.